The zero-order chi connectivity index (χ0) is 12.2. The minimum Gasteiger partial charge on any atom is -0.353 e. The van der Waals surface area contributed by atoms with Crippen molar-refractivity contribution in [1.82, 2.24) is 15.3 Å². The predicted octanol–water partition coefficient (Wildman–Crippen LogP) is 1.52. The van der Waals surface area contributed by atoms with E-state index in [1.54, 1.807) is 7.05 Å². The molecule has 0 amide bonds. The third kappa shape index (κ3) is 3.65. The van der Waals surface area contributed by atoms with Gasteiger partial charge in [0, 0.05) is 25.0 Å². The SMILES string of the molecule is CNC(C)CNc1ncc(C(F)(F)F)cn1. The molecule has 2 N–H and O–H groups in total. The van der Waals surface area contributed by atoms with Gasteiger partial charge in [-0.05, 0) is 14.0 Å². The molecule has 0 aliphatic heterocycles. The topological polar surface area (TPSA) is 49.8 Å². The Morgan fingerprint density at radius 1 is 1.31 bits per heavy atom. The lowest BCUT2D eigenvalue weighted by Crippen LogP contribution is -2.29. The van der Waals surface area contributed by atoms with E-state index in [4.69, 9.17) is 0 Å². The molecule has 7 heteroatoms. The highest BCUT2D eigenvalue weighted by Crippen LogP contribution is 2.27. The summed E-state index contributed by atoms with van der Waals surface area (Å²) < 4.78 is 36.5. The van der Waals surface area contributed by atoms with Gasteiger partial charge in [-0.2, -0.15) is 13.2 Å². The Morgan fingerprint density at radius 2 is 1.88 bits per heavy atom. The Bertz CT molecular complexity index is 323. The van der Waals surface area contributed by atoms with Gasteiger partial charge in [-0.15, -0.1) is 0 Å². The lowest BCUT2D eigenvalue weighted by atomic mass is 10.3. The maximum absolute atomic E-state index is 12.2. The van der Waals surface area contributed by atoms with Crippen molar-refractivity contribution < 1.29 is 13.2 Å². The van der Waals surface area contributed by atoms with Gasteiger partial charge in [-0.1, -0.05) is 0 Å². The first-order valence-corrected chi connectivity index (χ1v) is 4.74. The van der Waals surface area contributed by atoms with Crippen LogP contribution in [0, 0.1) is 0 Å². The van der Waals surface area contributed by atoms with Crippen LogP contribution in [-0.4, -0.2) is 29.6 Å². The van der Waals surface area contributed by atoms with E-state index in [0.29, 0.717) is 6.54 Å². The largest absolute Gasteiger partial charge is 0.419 e. The summed E-state index contributed by atoms with van der Waals surface area (Å²) in [5, 5.41) is 5.79. The second kappa shape index (κ2) is 5.11. The van der Waals surface area contributed by atoms with E-state index in [2.05, 4.69) is 20.6 Å². The van der Waals surface area contributed by atoms with E-state index in [-0.39, 0.29) is 12.0 Å². The first-order valence-electron chi connectivity index (χ1n) is 4.74. The van der Waals surface area contributed by atoms with Crippen molar-refractivity contribution in [3.05, 3.63) is 18.0 Å². The second-order valence-corrected chi connectivity index (χ2v) is 3.36. The van der Waals surface area contributed by atoms with Crippen molar-refractivity contribution in [2.45, 2.75) is 19.1 Å². The molecule has 1 heterocycles. The van der Waals surface area contributed by atoms with Crippen LogP contribution in [0.1, 0.15) is 12.5 Å². The number of nitrogens with zero attached hydrogens (tertiary/aromatic N) is 2. The number of rotatable bonds is 4. The highest BCUT2D eigenvalue weighted by Gasteiger charge is 2.31. The smallest absolute Gasteiger partial charge is 0.353 e. The monoisotopic (exact) mass is 234 g/mol. The molecule has 0 fully saturated rings. The van der Waals surface area contributed by atoms with Crippen LogP contribution in [0.5, 0.6) is 0 Å². The summed E-state index contributed by atoms with van der Waals surface area (Å²) in [6, 6.07) is 0.186. The van der Waals surface area contributed by atoms with Crippen LogP contribution in [0.25, 0.3) is 0 Å². The molecule has 0 aromatic carbocycles. The molecule has 0 spiro atoms. The van der Waals surface area contributed by atoms with Crippen LogP contribution in [-0.2, 0) is 6.18 Å². The van der Waals surface area contributed by atoms with Crippen molar-refractivity contribution >= 4 is 5.95 Å². The number of anilines is 1. The Labute approximate surface area is 91.3 Å². The molecule has 1 unspecified atom stereocenters. The summed E-state index contributed by atoms with van der Waals surface area (Å²) in [6.45, 7) is 2.47. The lowest BCUT2D eigenvalue weighted by Gasteiger charge is -2.11. The first-order chi connectivity index (χ1) is 7.43. The molecule has 0 aliphatic carbocycles. The molecule has 90 valence electrons. The fraction of sp³-hybridized carbons (Fsp3) is 0.556. The zero-order valence-electron chi connectivity index (χ0n) is 8.97. The van der Waals surface area contributed by atoms with E-state index < -0.39 is 11.7 Å². The highest BCUT2D eigenvalue weighted by atomic mass is 19.4. The van der Waals surface area contributed by atoms with Crippen molar-refractivity contribution in [2.24, 2.45) is 0 Å². The Kier molecular flexibility index (Phi) is 4.05. The number of aromatic nitrogens is 2. The molecule has 1 aromatic heterocycles. The predicted molar refractivity (Wildman–Crippen MR) is 54.0 cm³/mol. The van der Waals surface area contributed by atoms with Gasteiger partial charge in [0.25, 0.3) is 0 Å². The highest BCUT2D eigenvalue weighted by molar-refractivity contribution is 5.25. The van der Waals surface area contributed by atoms with E-state index in [0.717, 1.165) is 12.4 Å². The molecule has 0 bridgehead atoms. The molecule has 16 heavy (non-hydrogen) atoms. The fourth-order valence-electron chi connectivity index (χ4n) is 0.912. The quantitative estimate of drug-likeness (QED) is 0.829. The van der Waals surface area contributed by atoms with Gasteiger partial charge in [0.2, 0.25) is 5.95 Å². The van der Waals surface area contributed by atoms with Gasteiger partial charge in [0.1, 0.15) is 0 Å². The van der Waals surface area contributed by atoms with Crippen LogP contribution >= 0.6 is 0 Å². The molecule has 4 nitrogen and oxygen atoms in total. The minimum atomic E-state index is -4.39. The number of alkyl halides is 3. The third-order valence-corrected chi connectivity index (χ3v) is 2.04. The van der Waals surface area contributed by atoms with Gasteiger partial charge in [-0.3, -0.25) is 0 Å². The van der Waals surface area contributed by atoms with Crippen molar-refractivity contribution in [2.75, 3.05) is 18.9 Å². The average molecular weight is 234 g/mol. The first kappa shape index (κ1) is 12.7. The van der Waals surface area contributed by atoms with E-state index in [9.17, 15) is 13.2 Å². The molecule has 1 rings (SSSR count). The Hall–Kier alpha value is -1.37. The second-order valence-electron chi connectivity index (χ2n) is 3.36. The maximum Gasteiger partial charge on any atom is 0.419 e. The van der Waals surface area contributed by atoms with Gasteiger partial charge in [0.15, 0.2) is 0 Å². The summed E-state index contributed by atoms with van der Waals surface area (Å²) in [5.74, 6) is 0.190. The van der Waals surface area contributed by atoms with Crippen LogP contribution in [0.15, 0.2) is 12.4 Å². The normalized spacial score (nSPS) is 13.6. The molecule has 0 saturated carbocycles. The van der Waals surface area contributed by atoms with E-state index in [1.165, 1.54) is 0 Å². The molecule has 1 aromatic rings. The van der Waals surface area contributed by atoms with Crippen LogP contribution in [0.4, 0.5) is 19.1 Å². The van der Waals surface area contributed by atoms with Crippen molar-refractivity contribution in [1.29, 1.82) is 0 Å². The van der Waals surface area contributed by atoms with E-state index in [1.807, 2.05) is 6.92 Å². The van der Waals surface area contributed by atoms with Gasteiger partial charge in [-0.25, -0.2) is 9.97 Å². The molecule has 0 saturated heterocycles. The van der Waals surface area contributed by atoms with Crippen molar-refractivity contribution in [3.8, 4) is 0 Å². The maximum atomic E-state index is 12.2. The van der Waals surface area contributed by atoms with E-state index >= 15 is 0 Å². The lowest BCUT2D eigenvalue weighted by molar-refractivity contribution is -0.138. The van der Waals surface area contributed by atoms with Crippen LogP contribution in [0.2, 0.25) is 0 Å². The summed E-state index contributed by atoms with van der Waals surface area (Å²) in [7, 11) is 1.79. The summed E-state index contributed by atoms with van der Waals surface area (Å²) >= 11 is 0. The Morgan fingerprint density at radius 3 is 2.31 bits per heavy atom. The number of hydrogen-bond donors (Lipinski definition) is 2. The zero-order valence-corrected chi connectivity index (χ0v) is 8.97. The fourth-order valence-corrected chi connectivity index (χ4v) is 0.912. The molecule has 0 aliphatic rings. The molecule has 0 radical (unpaired) electrons. The summed E-state index contributed by atoms with van der Waals surface area (Å²) in [4.78, 5) is 7.16. The molecular weight excluding hydrogens is 221 g/mol. The number of nitrogens with one attached hydrogen (secondary N) is 2. The number of hydrogen-bond acceptors (Lipinski definition) is 4. The van der Waals surface area contributed by atoms with Gasteiger partial charge < -0.3 is 10.6 Å². The van der Waals surface area contributed by atoms with Crippen molar-refractivity contribution in [3.63, 3.8) is 0 Å². The summed E-state index contributed by atoms with van der Waals surface area (Å²) in [5.41, 5.74) is -0.847. The number of halogens is 3. The summed E-state index contributed by atoms with van der Waals surface area (Å²) in [6.07, 6.45) is -2.87. The average Bonchev–Trinajstić information content (AvgIpc) is 2.25. The standard InChI is InChI=1S/C9H13F3N4/c1-6(13-2)3-14-8-15-4-7(5-16-8)9(10,11)12/h4-6,13H,3H2,1-2H3,(H,14,15,16). The van der Waals surface area contributed by atoms with Crippen LogP contribution < -0.4 is 10.6 Å². The molecule has 1 atom stereocenters. The third-order valence-electron chi connectivity index (χ3n) is 2.04. The van der Waals surface area contributed by atoms with Gasteiger partial charge in [0.05, 0.1) is 5.56 Å². The Balaban J connectivity index is 2.58. The molecular formula is C9H13F3N4. The minimum absolute atomic E-state index is 0.186. The van der Waals surface area contributed by atoms with Gasteiger partial charge >= 0.3 is 6.18 Å². The number of likely N-dealkylation sites (N-methyl/N-ethyl adjacent to an activating group) is 1. The van der Waals surface area contributed by atoms with Crippen LogP contribution in [0.3, 0.4) is 0 Å².